The largest absolute Gasteiger partial charge is 0.507 e. The molecule has 0 spiro atoms. The second kappa shape index (κ2) is 11.2. The maximum Gasteiger partial charge on any atom is 0.307 e. The molecule has 0 aromatic heterocycles. The summed E-state index contributed by atoms with van der Waals surface area (Å²) in [7, 11) is -0.458. The lowest BCUT2D eigenvalue weighted by molar-refractivity contribution is -0.143. The molecule has 2 aromatic rings. The van der Waals surface area contributed by atoms with Crippen LogP contribution in [0.4, 0.5) is 0 Å². The molecule has 0 saturated carbocycles. The summed E-state index contributed by atoms with van der Waals surface area (Å²) < 4.78 is 22.9. The Kier molecular flexibility index (Phi) is 9.21. The van der Waals surface area contributed by atoms with Crippen LogP contribution >= 0.6 is 40.3 Å². The Hall–Kier alpha value is -2.00. The fourth-order valence-electron chi connectivity index (χ4n) is 2.68. The van der Waals surface area contributed by atoms with E-state index in [1.54, 1.807) is 26.0 Å². The first-order valence-electron chi connectivity index (χ1n) is 9.52. The van der Waals surface area contributed by atoms with Crippen molar-refractivity contribution in [2.75, 3.05) is 6.61 Å². The molecule has 2 aromatic carbocycles. The zero-order valence-corrected chi connectivity index (χ0v) is 21.6. The molecule has 8 nitrogen and oxygen atoms in total. The Morgan fingerprint density at radius 3 is 2.41 bits per heavy atom. The molecule has 0 bridgehead atoms. The van der Waals surface area contributed by atoms with Crippen molar-refractivity contribution in [1.29, 1.82) is 0 Å². The van der Waals surface area contributed by atoms with Gasteiger partial charge in [0.2, 0.25) is 0 Å². The molecule has 0 heterocycles. The fraction of sp³-hybridized carbons (Fsp3) is 0.333. The average molecular weight is 591 g/mol. The summed E-state index contributed by atoms with van der Waals surface area (Å²) in [4.78, 5) is 24.2. The Balaban J connectivity index is 2.23. The molecule has 172 valence electrons. The number of phenols is 1. The van der Waals surface area contributed by atoms with Gasteiger partial charge in [0.15, 0.2) is 19.6 Å². The summed E-state index contributed by atoms with van der Waals surface area (Å²) in [5.41, 5.74) is 0.358. The lowest BCUT2D eigenvalue weighted by atomic mass is 10.1. The minimum absolute atomic E-state index is 0.00462. The standard InChI is InChI=1S/C21H22Br2NO7P/c1-4-30-18(26)7-11(2)24-20(27)14-10-13(5-6-17(14)25)31-19-15(22)8-12(9-16(19)23)21(3,28)32-29/h5-6,8-11,25,28H,4,7H2,1-3H3,(H,24,27). The van der Waals surface area contributed by atoms with E-state index < -0.39 is 31.7 Å². The topological polar surface area (TPSA) is 122 Å². The van der Waals surface area contributed by atoms with E-state index in [4.69, 9.17) is 9.47 Å². The quantitative estimate of drug-likeness (QED) is 0.270. The Bertz CT molecular complexity index is 1010. The number of benzene rings is 2. The molecule has 32 heavy (non-hydrogen) atoms. The number of amides is 1. The number of hydrogen-bond acceptors (Lipinski definition) is 7. The van der Waals surface area contributed by atoms with Crippen LogP contribution in [0.5, 0.6) is 17.2 Å². The number of carbonyl (C=O) groups excluding carboxylic acids is 2. The number of hydrogen-bond donors (Lipinski definition) is 3. The summed E-state index contributed by atoms with van der Waals surface area (Å²) in [5.74, 6) is -0.662. The van der Waals surface area contributed by atoms with Crippen molar-refractivity contribution >= 4 is 52.2 Å². The van der Waals surface area contributed by atoms with Gasteiger partial charge in [-0.1, -0.05) is 0 Å². The molecule has 0 radical (unpaired) electrons. The first-order valence-corrected chi connectivity index (χ1v) is 11.9. The number of nitrogens with one attached hydrogen (secondary N) is 1. The zero-order valence-electron chi connectivity index (χ0n) is 17.5. The highest BCUT2D eigenvalue weighted by Gasteiger charge is 2.26. The molecule has 1 amide bonds. The smallest absolute Gasteiger partial charge is 0.307 e. The Morgan fingerprint density at radius 1 is 1.22 bits per heavy atom. The molecular formula is C21H22Br2NO7P. The van der Waals surface area contributed by atoms with Crippen LogP contribution in [0.1, 0.15) is 43.1 Å². The summed E-state index contributed by atoms with van der Waals surface area (Å²) in [5, 5.41) is 21.4. The van der Waals surface area contributed by atoms with Gasteiger partial charge in [0, 0.05) is 6.04 Å². The Morgan fingerprint density at radius 2 is 1.84 bits per heavy atom. The van der Waals surface area contributed by atoms with Crippen LogP contribution in [0.15, 0.2) is 39.3 Å². The third-order valence-corrected chi connectivity index (χ3v) is 6.10. The van der Waals surface area contributed by atoms with E-state index in [1.807, 2.05) is 0 Å². The van der Waals surface area contributed by atoms with E-state index >= 15 is 0 Å². The SMILES string of the molecule is CCOC(=O)CC(C)NC(=O)c1cc(Oc2c(Br)cc(C(C)(O)P=O)cc2Br)ccc1O. The fourth-order valence-corrected chi connectivity index (χ4v) is 4.27. The second-order valence-electron chi connectivity index (χ2n) is 7.05. The summed E-state index contributed by atoms with van der Waals surface area (Å²) in [6.07, 6.45) is -0.00462. The number of rotatable bonds is 9. The van der Waals surface area contributed by atoms with Crippen molar-refractivity contribution in [3.63, 3.8) is 0 Å². The van der Waals surface area contributed by atoms with Gasteiger partial charge in [-0.3, -0.25) is 14.2 Å². The summed E-state index contributed by atoms with van der Waals surface area (Å²) in [6.45, 7) is 5.00. The predicted molar refractivity (Wildman–Crippen MR) is 125 cm³/mol. The van der Waals surface area contributed by atoms with Gasteiger partial charge in [0.1, 0.15) is 11.5 Å². The number of esters is 1. The average Bonchev–Trinajstić information content (AvgIpc) is 2.71. The number of ether oxygens (including phenoxy) is 2. The zero-order chi connectivity index (χ0) is 24.1. The van der Waals surface area contributed by atoms with Gasteiger partial charge in [-0.25, -0.2) is 0 Å². The summed E-state index contributed by atoms with van der Waals surface area (Å²) >= 11 is 6.73. The normalized spacial score (nSPS) is 13.8. The van der Waals surface area contributed by atoms with Gasteiger partial charge in [0.25, 0.3) is 5.91 Å². The van der Waals surface area contributed by atoms with Crippen molar-refractivity contribution in [3.05, 3.63) is 50.4 Å². The van der Waals surface area contributed by atoms with E-state index in [0.29, 0.717) is 20.3 Å². The summed E-state index contributed by atoms with van der Waals surface area (Å²) in [6, 6.07) is 6.78. The van der Waals surface area contributed by atoms with Gasteiger partial charge in [-0.15, -0.1) is 0 Å². The van der Waals surface area contributed by atoms with Gasteiger partial charge >= 0.3 is 5.97 Å². The van der Waals surface area contributed by atoms with Gasteiger partial charge in [-0.2, -0.15) is 0 Å². The van der Waals surface area contributed by atoms with Crippen LogP contribution in [0.2, 0.25) is 0 Å². The lowest BCUT2D eigenvalue weighted by Gasteiger charge is -2.18. The van der Waals surface area contributed by atoms with Crippen molar-refractivity contribution in [3.8, 4) is 17.2 Å². The Labute approximate surface area is 203 Å². The third-order valence-electron chi connectivity index (χ3n) is 4.31. The van der Waals surface area contributed by atoms with E-state index in [9.17, 15) is 24.4 Å². The van der Waals surface area contributed by atoms with Crippen LogP contribution in [-0.4, -0.2) is 34.7 Å². The maximum absolute atomic E-state index is 12.6. The van der Waals surface area contributed by atoms with Crippen molar-refractivity contribution in [2.24, 2.45) is 0 Å². The second-order valence-corrected chi connectivity index (χ2v) is 9.81. The van der Waals surface area contributed by atoms with E-state index in [-0.39, 0.29) is 30.1 Å². The van der Waals surface area contributed by atoms with Crippen molar-refractivity contribution in [1.82, 2.24) is 5.32 Å². The molecule has 0 fully saturated rings. The van der Waals surface area contributed by atoms with E-state index in [2.05, 4.69) is 37.2 Å². The minimum atomic E-state index is -1.58. The molecule has 0 aliphatic heterocycles. The molecule has 2 atom stereocenters. The van der Waals surface area contributed by atoms with Crippen molar-refractivity contribution in [2.45, 2.75) is 38.6 Å². The predicted octanol–water partition coefficient (Wildman–Crippen LogP) is 5.24. The van der Waals surface area contributed by atoms with Gasteiger partial charge in [-0.05, 0) is 88.5 Å². The van der Waals surface area contributed by atoms with Crippen molar-refractivity contribution < 1.29 is 33.8 Å². The molecule has 2 rings (SSSR count). The first-order chi connectivity index (χ1) is 15.0. The molecule has 0 saturated heterocycles. The maximum atomic E-state index is 12.6. The van der Waals surface area contributed by atoms with Crippen LogP contribution < -0.4 is 10.1 Å². The van der Waals surface area contributed by atoms with Crippen LogP contribution in [0.3, 0.4) is 0 Å². The molecular weight excluding hydrogens is 569 g/mol. The highest BCUT2D eigenvalue weighted by molar-refractivity contribution is 9.11. The minimum Gasteiger partial charge on any atom is -0.507 e. The molecule has 0 aliphatic rings. The monoisotopic (exact) mass is 589 g/mol. The molecule has 0 aliphatic carbocycles. The number of halogens is 2. The van der Waals surface area contributed by atoms with E-state index in [0.717, 1.165) is 0 Å². The van der Waals surface area contributed by atoms with Crippen LogP contribution in [0.25, 0.3) is 0 Å². The lowest BCUT2D eigenvalue weighted by Crippen LogP contribution is -2.34. The third kappa shape index (κ3) is 6.75. The van der Waals surface area contributed by atoms with Crippen LogP contribution in [0, 0.1) is 0 Å². The number of carbonyl (C=O) groups is 2. The highest BCUT2D eigenvalue weighted by Crippen LogP contribution is 2.42. The number of aliphatic hydroxyl groups is 1. The molecule has 2 unspecified atom stereocenters. The number of aromatic hydroxyl groups is 1. The first kappa shape index (κ1) is 26.3. The highest BCUT2D eigenvalue weighted by atomic mass is 79.9. The number of phenolic OH excluding ortho intramolecular Hbond substituents is 1. The van der Waals surface area contributed by atoms with Crippen LogP contribution in [-0.2, 0) is 19.4 Å². The van der Waals surface area contributed by atoms with Gasteiger partial charge < -0.3 is 25.0 Å². The molecule has 3 N–H and O–H groups in total. The van der Waals surface area contributed by atoms with Gasteiger partial charge in [0.05, 0.1) is 27.5 Å². The van der Waals surface area contributed by atoms with E-state index in [1.165, 1.54) is 25.1 Å². The molecule has 11 heteroatoms.